The minimum absolute atomic E-state index is 0.0825. The first-order valence-corrected chi connectivity index (χ1v) is 20.5. The lowest BCUT2D eigenvalue weighted by Crippen LogP contribution is -2.35. The maximum Gasteiger partial charge on any atom is 0.0637 e. The van der Waals surface area contributed by atoms with E-state index in [1.807, 2.05) is 0 Å². The summed E-state index contributed by atoms with van der Waals surface area (Å²) >= 11 is 0. The van der Waals surface area contributed by atoms with Gasteiger partial charge in [0.2, 0.25) is 0 Å². The predicted molar refractivity (Wildman–Crippen MR) is 245 cm³/mol. The van der Waals surface area contributed by atoms with Crippen molar-refractivity contribution in [2.45, 2.75) is 25.3 Å². The number of para-hydroxylation sites is 2. The number of anilines is 1. The van der Waals surface area contributed by atoms with Crippen LogP contribution in [-0.4, -0.2) is 10.6 Å². The van der Waals surface area contributed by atoms with Gasteiger partial charge in [-0.2, -0.15) is 0 Å². The lowest BCUT2D eigenvalue weighted by Gasteiger charge is -2.38. The molecule has 0 saturated heterocycles. The van der Waals surface area contributed by atoms with E-state index >= 15 is 0 Å². The number of aromatic nitrogens is 1. The molecule has 3 aliphatic rings. The predicted octanol–water partition coefficient (Wildman–Crippen LogP) is 14.5. The average molecular weight is 743 g/mol. The second kappa shape index (κ2) is 14.4. The molecule has 0 spiro atoms. The molecule has 276 valence electrons. The van der Waals surface area contributed by atoms with Crippen molar-refractivity contribution in [2.75, 3.05) is 4.90 Å². The van der Waals surface area contributed by atoms with Gasteiger partial charge in [0.15, 0.2) is 0 Å². The van der Waals surface area contributed by atoms with Gasteiger partial charge in [0.25, 0.3) is 0 Å². The molecule has 1 atom stereocenters. The van der Waals surface area contributed by atoms with Crippen LogP contribution in [0, 0.1) is 0 Å². The Kier molecular flexibility index (Phi) is 8.47. The summed E-state index contributed by atoms with van der Waals surface area (Å²) in [6.45, 7) is 0. The molecule has 0 saturated carbocycles. The first-order chi connectivity index (χ1) is 28.8. The number of benzene rings is 7. The highest BCUT2D eigenvalue weighted by Gasteiger charge is 2.37. The van der Waals surface area contributed by atoms with Crippen molar-refractivity contribution in [2.24, 2.45) is 0 Å². The monoisotopic (exact) mass is 742 g/mol. The normalized spacial score (nSPS) is 15.9. The maximum absolute atomic E-state index is 2.67. The zero-order valence-electron chi connectivity index (χ0n) is 32.3. The maximum atomic E-state index is 2.67. The molecular formula is C56H42N2. The first-order valence-electron chi connectivity index (χ1n) is 20.5. The summed E-state index contributed by atoms with van der Waals surface area (Å²) in [7, 11) is 0. The highest BCUT2D eigenvalue weighted by Crippen LogP contribution is 2.53. The van der Waals surface area contributed by atoms with Gasteiger partial charge in [-0.25, -0.2) is 0 Å². The van der Waals surface area contributed by atoms with E-state index in [1.54, 1.807) is 0 Å². The van der Waals surface area contributed by atoms with Crippen LogP contribution >= 0.6 is 0 Å². The SMILES string of the molecule is C1=C(c2ccccc2)C=C(c2ccccc2)CC1N1C2=CCCC=C2c2c(c3ccccc3n2-c2cc(-c3ccccc3)cc(-c3ccccc3)c2)-c2ccccc21. The van der Waals surface area contributed by atoms with Crippen LogP contribution in [0.15, 0.2) is 218 Å². The van der Waals surface area contributed by atoms with Crippen molar-refractivity contribution < 1.29 is 0 Å². The largest absolute Gasteiger partial charge is 0.333 e. The summed E-state index contributed by atoms with van der Waals surface area (Å²) in [4.78, 5) is 2.67. The molecule has 2 nitrogen and oxygen atoms in total. The van der Waals surface area contributed by atoms with E-state index in [0.29, 0.717) is 0 Å². The van der Waals surface area contributed by atoms with E-state index in [0.717, 1.165) is 24.9 Å². The molecule has 58 heavy (non-hydrogen) atoms. The van der Waals surface area contributed by atoms with Gasteiger partial charge in [0.05, 0.1) is 17.3 Å². The van der Waals surface area contributed by atoms with Gasteiger partial charge in [-0.1, -0.05) is 182 Å². The molecule has 0 bridgehead atoms. The summed E-state index contributed by atoms with van der Waals surface area (Å²) in [6, 6.07) is 68.9. The Morgan fingerprint density at radius 1 is 0.483 bits per heavy atom. The van der Waals surface area contributed by atoms with Crippen molar-refractivity contribution in [3.8, 4) is 39.1 Å². The third-order valence-electron chi connectivity index (χ3n) is 12.1. The van der Waals surface area contributed by atoms with Gasteiger partial charge >= 0.3 is 0 Å². The summed E-state index contributed by atoms with van der Waals surface area (Å²) in [5, 5.41) is 1.26. The summed E-state index contributed by atoms with van der Waals surface area (Å²) in [5.74, 6) is 0. The molecule has 1 unspecified atom stereocenters. The van der Waals surface area contributed by atoms with Crippen LogP contribution in [0.4, 0.5) is 5.69 Å². The molecule has 0 amide bonds. The molecule has 11 rings (SSSR count). The zero-order chi connectivity index (χ0) is 38.4. The second-order valence-electron chi connectivity index (χ2n) is 15.5. The Morgan fingerprint density at radius 2 is 1.05 bits per heavy atom. The van der Waals surface area contributed by atoms with Gasteiger partial charge in [0, 0.05) is 39.2 Å². The van der Waals surface area contributed by atoms with Gasteiger partial charge in [0.1, 0.15) is 0 Å². The van der Waals surface area contributed by atoms with Crippen LogP contribution < -0.4 is 4.90 Å². The summed E-state index contributed by atoms with van der Waals surface area (Å²) in [6.07, 6.45) is 12.8. The lowest BCUT2D eigenvalue weighted by molar-refractivity contribution is 0.770. The Labute approximate surface area is 340 Å². The van der Waals surface area contributed by atoms with E-state index in [4.69, 9.17) is 0 Å². The topological polar surface area (TPSA) is 8.17 Å². The molecule has 0 fully saturated rings. The zero-order valence-corrected chi connectivity index (χ0v) is 32.3. The molecular weight excluding hydrogens is 701 g/mol. The fourth-order valence-corrected chi connectivity index (χ4v) is 9.48. The number of rotatable bonds is 6. The standard InChI is InChI=1S/C56H42N2/c1-5-19-39(20-6-1)43-33-44(40-21-7-2-8-22-40)36-47(35-43)57-52-30-16-13-27-49(52)55-50-28-14-17-31-53(50)58(56(55)51-29-15-18-32-54(51)57)48-37-45(41-23-9-3-10-24-41)34-46(38-48)42-25-11-4-12-26-42/h1-14,16-17,19-35,37-38,47H,15,18,36H2. The second-order valence-corrected chi connectivity index (χ2v) is 15.5. The Hall–Kier alpha value is -7.16. The molecule has 0 radical (unpaired) electrons. The van der Waals surface area contributed by atoms with Crippen molar-refractivity contribution >= 4 is 33.3 Å². The van der Waals surface area contributed by atoms with Crippen LogP contribution in [0.3, 0.4) is 0 Å². The van der Waals surface area contributed by atoms with Gasteiger partial charge in [-0.15, -0.1) is 0 Å². The fraction of sp³-hybridized carbons (Fsp3) is 0.0714. The molecule has 7 aromatic carbocycles. The van der Waals surface area contributed by atoms with E-state index in [2.05, 4.69) is 222 Å². The van der Waals surface area contributed by atoms with E-state index in [-0.39, 0.29) is 6.04 Å². The van der Waals surface area contributed by atoms with Crippen molar-refractivity contribution in [3.63, 3.8) is 0 Å². The van der Waals surface area contributed by atoms with Crippen LogP contribution in [0.1, 0.15) is 36.1 Å². The minimum Gasteiger partial charge on any atom is -0.333 e. The molecule has 8 aromatic rings. The van der Waals surface area contributed by atoms with Crippen LogP contribution in [0.2, 0.25) is 0 Å². The minimum atomic E-state index is 0.0825. The van der Waals surface area contributed by atoms with Crippen LogP contribution in [-0.2, 0) is 0 Å². The smallest absolute Gasteiger partial charge is 0.0637 e. The average Bonchev–Trinajstić information content (AvgIpc) is 3.59. The van der Waals surface area contributed by atoms with Crippen molar-refractivity contribution in [1.29, 1.82) is 0 Å². The molecule has 2 aliphatic carbocycles. The molecule has 1 aromatic heterocycles. The Bertz CT molecular complexity index is 2890. The number of hydrogen-bond acceptors (Lipinski definition) is 1. The Morgan fingerprint density at radius 3 is 1.74 bits per heavy atom. The molecule has 2 heteroatoms. The van der Waals surface area contributed by atoms with Gasteiger partial charge in [-0.3, -0.25) is 0 Å². The number of nitrogens with zero attached hydrogens (tertiary/aromatic N) is 2. The highest BCUT2D eigenvalue weighted by atomic mass is 15.2. The van der Waals surface area contributed by atoms with Gasteiger partial charge < -0.3 is 9.47 Å². The van der Waals surface area contributed by atoms with Crippen molar-refractivity contribution in [3.05, 3.63) is 235 Å². The molecule has 0 N–H and O–H groups in total. The van der Waals surface area contributed by atoms with E-state index in [1.165, 1.54) is 89.2 Å². The van der Waals surface area contributed by atoms with Gasteiger partial charge in [-0.05, 0) is 94.1 Å². The van der Waals surface area contributed by atoms with E-state index in [9.17, 15) is 0 Å². The molecule has 1 aliphatic heterocycles. The summed E-state index contributed by atoms with van der Waals surface area (Å²) in [5.41, 5.74) is 20.0. The van der Waals surface area contributed by atoms with Crippen molar-refractivity contribution in [1.82, 2.24) is 4.57 Å². The number of hydrogen-bond donors (Lipinski definition) is 0. The third-order valence-corrected chi connectivity index (χ3v) is 12.1. The number of fused-ring (bicyclic) bond motifs is 7. The quantitative estimate of drug-likeness (QED) is 0.165. The third kappa shape index (κ3) is 5.88. The van der Waals surface area contributed by atoms with Crippen LogP contribution in [0.5, 0.6) is 0 Å². The molecule has 2 heterocycles. The Balaban J connectivity index is 1.16. The van der Waals surface area contributed by atoms with Crippen LogP contribution in [0.25, 0.3) is 66.7 Å². The highest BCUT2D eigenvalue weighted by molar-refractivity contribution is 6.11. The van der Waals surface area contributed by atoms with E-state index < -0.39 is 0 Å². The summed E-state index contributed by atoms with van der Waals surface area (Å²) < 4.78 is 2.57. The first kappa shape index (κ1) is 34.1. The fourth-order valence-electron chi connectivity index (χ4n) is 9.48. The lowest BCUT2D eigenvalue weighted by atomic mass is 9.86. The number of allylic oxidation sites excluding steroid dienone is 5.